The van der Waals surface area contributed by atoms with E-state index in [9.17, 15) is 9.90 Å². The molecule has 4 nitrogen and oxygen atoms in total. The van der Waals surface area contributed by atoms with Crippen molar-refractivity contribution in [3.63, 3.8) is 0 Å². The molecule has 0 aromatic heterocycles. The number of terminal acetylenes is 2. The maximum Gasteiger partial charge on any atom is 0.209 e. The summed E-state index contributed by atoms with van der Waals surface area (Å²) < 4.78 is 2.18. The number of para-hydroxylation sites is 2. The number of ketones is 1. The van der Waals surface area contributed by atoms with Gasteiger partial charge < -0.3 is 27.0 Å². The second-order valence-corrected chi connectivity index (χ2v) is 11.1. The molecule has 2 aliphatic heterocycles. The topological polar surface area (TPSA) is 43.5 Å². The standard InChI is InChI=1S/C34H32N2O2.BrH/c1-7-9-19-35-27-17-13-11-15-25(27)33(3,4)29(35)21-23-31(37)24(32(23)38)22-30-34(5,6)26-16-12-14-18-28(26)36(30)20-10-8-2;/h1-2,11-18,21-22H,9-10,19-20H2,3-6H3;1H. The van der Waals surface area contributed by atoms with Gasteiger partial charge in [0.2, 0.25) is 11.5 Å². The highest BCUT2D eigenvalue weighted by Gasteiger charge is 2.47. The highest BCUT2D eigenvalue weighted by molar-refractivity contribution is 6.24. The van der Waals surface area contributed by atoms with E-state index in [1.165, 1.54) is 11.1 Å². The lowest BCUT2D eigenvalue weighted by atomic mass is 9.77. The molecule has 0 fully saturated rings. The van der Waals surface area contributed by atoms with E-state index >= 15 is 0 Å². The van der Waals surface area contributed by atoms with Crippen LogP contribution in [0.1, 0.15) is 51.7 Å². The van der Waals surface area contributed by atoms with Gasteiger partial charge in [0.05, 0.1) is 23.0 Å². The molecule has 5 heteroatoms. The molecule has 2 aromatic rings. The number of rotatable bonds is 6. The second kappa shape index (κ2) is 10.4. The van der Waals surface area contributed by atoms with Crippen LogP contribution in [0.2, 0.25) is 0 Å². The number of nitrogens with zero attached hydrogens (tertiary/aromatic N) is 2. The Hall–Kier alpha value is -3.80. The van der Waals surface area contributed by atoms with Crippen LogP contribution in [0.3, 0.4) is 0 Å². The molecule has 5 rings (SSSR count). The van der Waals surface area contributed by atoms with Crippen LogP contribution in [0, 0.1) is 24.7 Å². The van der Waals surface area contributed by atoms with Gasteiger partial charge in [-0.15, -0.1) is 24.7 Å². The van der Waals surface area contributed by atoms with Gasteiger partial charge in [0, 0.05) is 47.5 Å². The van der Waals surface area contributed by atoms with Crippen molar-refractivity contribution in [2.75, 3.05) is 18.0 Å². The largest absolute Gasteiger partial charge is 1.00 e. The maximum atomic E-state index is 13.5. The van der Waals surface area contributed by atoms with Crippen molar-refractivity contribution in [1.82, 2.24) is 0 Å². The zero-order valence-electron chi connectivity index (χ0n) is 22.9. The van der Waals surface area contributed by atoms with Gasteiger partial charge in [-0.3, -0.25) is 4.79 Å². The lowest BCUT2D eigenvalue weighted by Gasteiger charge is -2.29. The van der Waals surface area contributed by atoms with Gasteiger partial charge in [-0.05, 0) is 31.6 Å². The first-order valence-corrected chi connectivity index (χ1v) is 13.0. The molecule has 0 saturated heterocycles. The smallest absolute Gasteiger partial charge is 0.209 e. The number of carbonyl (C=O) groups excluding carboxylic acids is 1. The Morgan fingerprint density at radius 1 is 0.923 bits per heavy atom. The molecular weight excluding hydrogens is 548 g/mol. The molecule has 2 heterocycles. The molecule has 0 saturated carbocycles. The van der Waals surface area contributed by atoms with Crippen LogP contribution in [0.5, 0.6) is 0 Å². The molecule has 198 valence electrons. The van der Waals surface area contributed by atoms with Crippen molar-refractivity contribution in [2.45, 2.75) is 51.4 Å². The Bertz CT molecular complexity index is 1570. The molecule has 1 aliphatic carbocycles. The summed E-state index contributed by atoms with van der Waals surface area (Å²) in [6, 6.07) is 16.5. The number of aliphatic hydroxyl groups is 1. The number of carbonyl (C=O) groups is 1. The summed E-state index contributed by atoms with van der Waals surface area (Å²) in [5, 5.41) is 11.2. The molecule has 0 amide bonds. The van der Waals surface area contributed by atoms with Gasteiger partial charge >= 0.3 is 0 Å². The molecule has 0 radical (unpaired) electrons. The molecular formula is C34H33BrN2O2. The first kappa shape index (κ1) is 28.2. The van der Waals surface area contributed by atoms with Crippen LogP contribution in [0.25, 0.3) is 0 Å². The number of aliphatic hydroxyl groups excluding tert-OH is 1. The fourth-order valence-corrected chi connectivity index (χ4v) is 6.02. The molecule has 1 N–H and O–H groups in total. The highest BCUT2D eigenvalue weighted by Crippen LogP contribution is 2.49. The number of halogens is 1. The predicted octanol–water partition coefficient (Wildman–Crippen LogP) is 3.12. The average Bonchev–Trinajstić information content (AvgIpc) is 3.26. The van der Waals surface area contributed by atoms with Gasteiger partial charge in [-0.2, -0.15) is 4.58 Å². The van der Waals surface area contributed by atoms with Gasteiger partial charge in [-0.25, -0.2) is 0 Å². The summed E-state index contributed by atoms with van der Waals surface area (Å²) in [7, 11) is 0. The van der Waals surface area contributed by atoms with Crippen molar-refractivity contribution in [3.05, 3.63) is 94.4 Å². The fraction of sp³-hybridized carbons (Fsp3) is 0.294. The minimum Gasteiger partial charge on any atom is -1.00 e. The number of hydrogen-bond acceptors (Lipinski definition) is 3. The number of fused-ring (bicyclic) bond motifs is 2. The highest BCUT2D eigenvalue weighted by atomic mass is 79.9. The van der Waals surface area contributed by atoms with Gasteiger partial charge in [0.25, 0.3) is 0 Å². The lowest BCUT2D eigenvalue weighted by molar-refractivity contribution is -0.436. The summed E-state index contributed by atoms with van der Waals surface area (Å²) in [6.45, 7) is 9.85. The summed E-state index contributed by atoms with van der Waals surface area (Å²) in [5.74, 6) is 5.33. The van der Waals surface area contributed by atoms with E-state index in [1.807, 2.05) is 36.4 Å². The third kappa shape index (κ3) is 4.36. The summed E-state index contributed by atoms with van der Waals surface area (Å²) in [5.41, 5.74) is 6.44. The Morgan fingerprint density at radius 3 is 2.23 bits per heavy atom. The first-order valence-electron chi connectivity index (χ1n) is 13.0. The third-order valence-corrected chi connectivity index (χ3v) is 8.12. The molecule has 0 bridgehead atoms. The van der Waals surface area contributed by atoms with E-state index in [4.69, 9.17) is 12.8 Å². The van der Waals surface area contributed by atoms with Crippen LogP contribution < -0.4 is 21.9 Å². The van der Waals surface area contributed by atoms with Crippen LogP contribution in [0.15, 0.2) is 83.3 Å². The minimum absolute atomic E-state index is 0. The van der Waals surface area contributed by atoms with Crippen LogP contribution in [-0.2, 0) is 15.6 Å². The van der Waals surface area contributed by atoms with Gasteiger partial charge in [0.1, 0.15) is 5.76 Å². The summed E-state index contributed by atoms with van der Waals surface area (Å²) in [6.07, 6.45) is 16.0. The Balaban J connectivity index is 0.00000353. The zero-order chi connectivity index (χ0) is 27.2. The van der Waals surface area contributed by atoms with E-state index in [-0.39, 0.29) is 39.4 Å². The predicted molar refractivity (Wildman–Crippen MR) is 154 cm³/mol. The van der Waals surface area contributed by atoms with Crippen molar-refractivity contribution in [2.24, 2.45) is 0 Å². The zero-order valence-corrected chi connectivity index (χ0v) is 24.5. The van der Waals surface area contributed by atoms with Crippen molar-refractivity contribution in [3.8, 4) is 24.7 Å². The van der Waals surface area contributed by atoms with Gasteiger partial charge in [-0.1, -0.05) is 50.2 Å². The number of anilines is 1. The van der Waals surface area contributed by atoms with E-state index < -0.39 is 0 Å². The van der Waals surface area contributed by atoms with Gasteiger partial charge in [0.15, 0.2) is 12.3 Å². The average molecular weight is 582 g/mol. The SMILES string of the molecule is C#CCCN1/C(=C/C2=C(O)C(=C\C3=[N+](CCC#C)c4ccccc4C3(C)C)/C2=O)C(C)(C)c2ccccc21.[Br-]. The van der Waals surface area contributed by atoms with E-state index in [1.54, 1.807) is 0 Å². The number of allylic oxidation sites excluding steroid dienone is 5. The third-order valence-electron chi connectivity index (χ3n) is 8.12. The summed E-state index contributed by atoms with van der Waals surface area (Å²) in [4.78, 5) is 15.7. The molecule has 3 aliphatic rings. The summed E-state index contributed by atoms with van der Waals surface area (Å²) >= 11 is 0. The van der Waals surface area contributed by atoms with Crippen LogP contribution >= 0.6 is 0 Å². The molecule has 0 atom stereocenters. The molecule has 39 heavy (non-hydrogen) atoms. The normalized spacial score (nSPS) is 20.4. The maximum absolute atomic E-state index is 13.5. The monoisotopic (exact) mass is 580 g/mol. The lowest BCUT2D eigenvalue weighted by Crippen LogP contribution is -3.00. The van der Waals surface area contributed by atoms with Crippen molar-refractivity contribution in [1.29, 1.82) is 0 Å². The molecule has 2 aromatic carbocycles. The van der Waals surface area contributed by atoms with E-state index in [0.717, 1.165) is 22.8 Å². The van der Waals surface area contributed by atoms with Crippen molar-refractivity contribution < 1.29 is 31.5 Å². The van der Waals surface area contributed by atoms with Crippen LogP contribution in [-0.4, -0.2) is 34.3 Å². The Morgan fingerprint density at radius 2 is 1.56 bits per heavy atom. The Kier molecular flexibility index (Phi) is 7.53. The first-order chi connectivity index (χ1) is 18.1. The Labute approximate surface area is 242 Å². The quantitative estimate of drug-likeness (QED) is 0.324. The fourth-order valence-electron chi connectivity index (χ4n) is 6.02. The minimum atomic E-state index is -0.339. The molecule has 0 unspecified atom stereocenters. The molecule has 0 spiro atoms. The number of hydrogen-bond donors (Lipinski definition) is 1. The van der Waals surface area contributed by atoms with Crippen molar-refractivity contribution >= 4 is 22.9 Å². The van der Waals surface area contributed by atoms with E-state index in [2.05, 4.69) is 73.3 Å². The number of Topliss-reactive ketones (excluding diaryl/α,β-unsaturated/α-hetero) is 1. The number of benzene rings is 2. The second-order valence-electron chi connectivity index (χ2n) is 11.1. The van der Waals surface area contributed by atoms with E-state index in [0.29, 0.717) is 37.1 Å². The van der Waals surface area contributed by atoms with Crippen LogP contribution in [0.4, 0.5) is 11.4 Å².